The Labute approximate surface area is 114 Å². The molecule has 1 unspecified atom stereocenters. The number of carbonyl (C=O) groups is 1. The average Bonchev–Trinajstić information content (AvgIpc) is 3.01. The van der Waals surface area contributed by atoms with E-state index in [1.807, 2.05) is 34.9 Å². The van der Waals surface area contributed by atoms with Gasteiger partial charge < -0.3 is 4.74 Å². The highest BCUT2D eigenvalue weighted by Gasteiger charge is 2.47. The number of thiophene rings is 1. The highest BCUT2D eigenvalue weighted by atomic mass is 32.2. The summed E-state index contributed by atoms with van der Waals surface area (Å²) < 4.78 is 5.25. The molecule has 0 aliphatic carbocycles. The molecule has 2 nitrogen and oxygen atoms in total. The van der Waals surface area contributed by atoms with Gasteiger partial charge in [0.2, 0.25) is 0 Å². The maximum Gasteiger partial charge on any atom is 0.306 e. The predicted molar refractivity (Wildman–Crippen MR) is 74.6 cm³/mol. The van der Waals surface area contributed by atoms with Gasteiger partial charge >= 0.3 is 5.97 Å². The molecule has 2 saturated heterocycles. The highest BCUT2D eigenvalue weighted by Crippen LogP contribution is 2.58. The summed E-state index contributed by atoms with van der Waals surface area (Å²) in [6.45, 7) is 0.594. The molecular formula is C12H14O2S3. The standard InChI is InChI=1S/C12H14O2S3/c13-11-7-9(8-14-11)12(10-3-1-4-15-10)16-5-2-6-17-12/h1,3-4,9H,2,5-8H2. The van der Waals surface area contributed by atoms with Crippen LogP contribution in [-0.2, 0) is 13.6 Å². The van der Waals surface area contributed by atoms with E-state index in [2.05, 4.69) is 17.5 Å². The van der Waals surface area contributed by atoms with E-state index >= 15 is 0 Å². The summed E-state index contributed by atoms with van der Waals surface area (Å²) in [5, 5.41) is 2.13. The number of cyclic esters (lactones) is 1. The van der Waals surface area contributed by atoms with Crippen LogP contribution in [0.25, 0.3) is 0 Å². The Bertz CT molecular complexity index is 396. The quantitative estimate of drug-likeness (QED) is 0.779. The highest BCUT2D eigenvalue weighted by molar-refractivity contribution is 8.18. The van der Waals surface area contributed by atoms with Crippen LogP contribution in [0, 0.1) is 5.92 Å². The van der Waals surface area contributed by atoms with E-state index in [1.165, 1.54) is 22.8 Å². The van der Waals surface area contributed by atoms with Crippen molar-refractivity contribution in [2.24, 2.45) is 5.92 Å². The number of ether oxygens (including phenoxy) is 1. The molecule has 0 radical (unpaired) electrons. The van der Waals surface area contributed by atoms with E-state index in [4.69, 9.17) is 4.74 Å². The smallest absolute Gasteiger partial charge is 0.306 e. The lowest BCUT2D eigenvalue weighted by Gasteiger charge is -2.39. The maximum absolute atomic E-state index is 11.4. The van der Waals surface area contributed by atoms with Crippen molar-refractivity contribution in [1.29, 1.82) is 0 Å². The van der Waals surface area contributed by atoms with Crippen molar-refractivity contribution in [1.82, 2.24) is 0 Å². The number of esters is 1. The second kappa shape index (κ2) is 4.86. The van der Waals surface area contributed by atoms with Crippen LogP contribution in [-0.4, -0.2) is 24.1 Å². The maximum atomic E-state index is 11.4. The van der Waals surface area contributed by atoms with E-state index in [-0.39, 0.29) is 10.0 Å². The lowest BCUT2D eigenvalue weighted by molar-refractivity contribution is -0.137. The third-order valence-corrected chi connectivity index (χ3v) is 8.10. The molecule has 0 aromatic carbocycles. The van der Waals surface area contributed by atoms with Gasteiger partial charge in [-0.2, -0.15) is 0 Å². The molecule has 0 N–H and O–H groups in total. The van der Waals surface area contributed by atoms with E-state index in [1.54, 1.807) is 0 Å². The minimum Gasteiger partial charge on any atom is -0.465 e. The van der Waals surface area contributed by atoms with Gasteiger partial charge in [-0.25, -0.2) is 0 Å². The normalized spacial score (nSPS) is 28.0. The Hall–Kier alpha value is -0.130. The number of rotatable bonds is 2. The number of carbonyl (C=O) groups excluding carboxylic acids is 1. The summed E-state index contributed by atoms with van der Waals surface area (Å²) in [6.07, 6.45) is 1.85. The lowest BCUT2D eigenvalue weighted by atomic mass is 10.0. The minimum atomic E-state index is -0.0299. The fraction of sp³-hybridized carbons (Fsp3) is 0.583. The van der Waals surface area contributed by atoms with Crippen LogP contribution in [0.1, 0.15) is 17.7 Å². The lowest BCUT2D eigenvalue weighted by Crippen LogP contribution is -2.31. The molecule has 0 bridgehead atoms. The number of hydrogen-bond acceptors (Lipinski definition) is 5. The number of hydrogen-bond donors (Lipinski definition) is 0. The fourth-order valence-corrected chi connectivity index (χ4v) is 7.19. The molecule has 0 saturated carbocycles. The first-order valence-corrected chi connectivity index (χ1v) is 8.64. The van der Waals surface area contributed by atoms with Crippen LogP contribution in [0.5, 0.6) is 0 Å². The van der Waals surface area contributed by atoms with Gasteiger partial charge in [0.15, 0.2) is 0 Å². The molecule has 2 fully saturated rings. The molecule has 2 aliphatic heterocycles. The summed E-state index contributed by atoms with van der Waals surface area (Å²) in [4.78, 5) is 12.8. The van der Waals surface area contributed by atoms with Gasteiger partial charge in [0.05, 0.1) is 13.0 Å². The Balaban J connectivity index is 1.93. The van der Waals surface area contributed by atoms with E-state index in [0.717, 1.165) is 0 Å². The van der Waals surface area contributed by atoms with E-state index in [9.17, 15) is 4.79 Å². The zero-order valence-corrected chi connectivity index (χ0v) is 11.8. The zero-order chi connectivity index (χ0) is 11.7. The van der Waals surface area contributed by atoms with Crippen molar-refractivity contribution in [2.75, 3.05) is 18.1 Å². The predicted octanol–water partition coefficient (Wildman–Crippen LogP) is 3.33. The van der Waals surface area contributed by atoms with E-state index in [0.29, 0.717) is 18.9 Å². The van der Waals surface area contributed by atoms with Gasteiger partial charge in [-0.1, -0.05) is 6.07 Å². The van der Waals surface area contributed by atoms with Crippen molar-refractivity contribution >= 4 is 40.8 Å². The largest absolute Gasteiger partial charge is 0.465 e. The van der Waals surface area contributed by atoms with Crippen LogP contribution in [0.3, 0.4) is 0 Å². The molecule has 1 atom stereocenters. The first kappa shape index (κ1) is 11.9. The summed E-state index contributed by atoms with van der Waals surface area (Å²) in [5.41, 5.74) is 0. The first-order valence-electron chi connectivity index (χ1n) is 5.79. The summed E-state index contributed by atoms with van der Waals surface area (Å²) >= 11 is 5.83. The summed E-state index contributed by atoms with van der Waals surface area (Å²) in [7, 11) is 0. The van der Waals surface area contributed by atoms with Crippen molar-refractivity contribution in [3.63, 3.8) is 0 Å². The van der Waals surface area contributed by atoms with Gasteiger partial charge in [0.1, 0.15) is 4.08 Å². The molecule has 17 heavy (non-hydrogen) atoms. The Morgan fingerprint density at radius 1 is 1.35 bits per heavy atom. The molecule has 0 spiro atoms. The average molecular weight is 286 g/mol. The first-order chi connectivity index (χ1) is 8.31. The third-order valence-electron chi connectivity index (χ3n) is 3.18. The molecule has 1 aromatic heterocycles. The van der Waals surface area contributed by atoms with Crippen molar-refractivity contribution in [3.8, 4) is 0 Å². The van der Waals surface area contributed by atoms with Crippen molar-refractivity contribution in [3.05, 3.63) is 22.4 Å². The van der Waals surface area contributed by atoms with Gasteiger partial charge in [0.25, 0.3) is 0 Å². The Kier molecular flexibility index (Phi) is 3.41. The van der Waals surface area contributed by atoms with Gasteiger partial charge in [-0.15, -0.1) is 34.9 Å². The minimum absolute atomic E-state index is 0.0299. The van der Waals surface area contributed by atoms with Crippen LogP contribution in [0.2, 0.25) is 0 Å². The molecule has 3 rings (SSSR count). The molecule has 1 aromatic rings. The topological polar surface area (TPSA) is 26.3 Å². The second-order valence-corrected chi connectivity index (χ2v) is 8.17. The zero-order valence-electron chi connectivity index (χ0n) is 9.39. The fourth-order valence-electron chi connectivity index (χ4n) is 2.36. The molecule has 5 heteroatoms. The summed E-state index contributed by atoms with van der Waals surface area (Å²) in [6, 6.07) is 4.31. The SMILES string of the molecule is O=C1CC(C2(c3cccs3)SCCCS2)CO1. The van der Waals surface area contributed by atoms with E-state index < -0.39 is 0 Å². The molecule has 3 heterocycles. The molecule has 2 aliphatic rings. The number of thioether (sulfide) groups is 2. The molecule has 0 amide bonds. The van der Waals surface area contributed by atoms with Crippen LogP contribution in [0.15, 0.2) is 17.5 Å². The Morgan fingerprint density at radius 3 is 2.76 bits per heavy atom. The van der Waals surface area contributed by atoms with Gasteiger partial charge in [0, 0.05) is 10.8 Å². The van der Waals surface area contributed by atoms with Crippen molar-refractivity contribution in [2.45, 2.75) is 16.9 Å². The van der Waals surface area contributed by atoms with Gasteiger partial charge in [-0.05, 0) is 29.4 Å². The third kappa shape index (κ3) is 2.13. The summed E-state index contributed by atoms with van der Waals surface area (Å²) in [5.74, 6) is 2.69. The van der Waals surface area contributed by atoms with Crippen LogP contribution < -0.4 is 0 Å². The Morgan fingerprint density at radius 2 is 2.18 bits per heavy atom. The van der Waals surface area contributed by atoms with Gasteiger partial charge in [-0.3, -0.25) is 4.79 Å². The van der Waals surface area contributed by atoms with Crippen molar-refractivity contribution < 1.29 is 9.53 Å². The monoisotopic (exact) mass is 286 g/mol. The molecular weight excluding hydrogens is 272 g/mol. The second-order valence-electron chi connectivity index (χ2n) is 4.28. The molecule has 92 valence electrons. The van der Waals surface area contributed by atoms with Crippen LogP contribution in [0.4, 0.5) is 0 Å². The van der Waals surface area contributed by atoms with Crippen LogP contribution >= 0.6 is 34.9 Å².